The van der Waals surface area contributed by atoms with Crippen LogP contribution in [0.5, 0.6) is 0 Å². The van der Waals surface area contributed by atoms with Crippen molar-refractivity contribution in [2.75, 3.05) is 11.9 Å². The summed E-state index contributed by atoms with van der Waals surface area (Å²) in [5.74, 6) is -0.418. The van der Waals surface area contributed by atoms with Gasteiger partial charge >= 0.3 is 6.09 Å². The SMILES string of the molecule is CC(C)(C)OC(=O)Nc1ccc(F)c(C(C)(C)CO)c1. The molecule has 112 valence electrons. The highest BCUT2D eigenvalue weighted by Gasteiger charge is 2.24. The van der Waals surface area contributed by atoms with Crippen molar-refractivity contribution in [3.05, 3.63) is 29.6 Å². The van der Waals surface area contributed by atoms with E-state index in [9.17, 15) is 14.3 Å². The molecule has 1 aromatic rings. The minimum atomic E-state index is -0.726. The Balaban J connectivity index is 2.94. The summed E-state index contributed by atoms with van der Waals surface area (Å²) in [4.78, 5) is 11.7. The molecule has 0 aliphatic rings. The van der Waals surface area contributed by atoms with E-state index in [0.29, 0.717) is 11.3 Å². The molecule has 0 fully saturated rings. The number of aliphatic hydroxyl groups excluding tert-OH is 1. The van der Waals surface area contributed by atoms with Crippen LogP contribution in [0.25, 0.3) is 0 Å². The van der Waals surface area contributed by atoms with Crippen molar-refractivity contribution < 1.29 is 19.0 Å². The van der Waals surface area contributed by atoms with Crippen molar-refractivity contribution in [1.82, 2.24) is 0 Å². The topological polar surface area (TPSA) is 58.6 Å². The number of anilines is 1. The molecule has 1 amide bonds. The number of halogens is 1. The molecule has 0 bridgehead atoms. The van der Waals surface area contributed by atoms with Crippen molar-refractivity contribution in [3.63, 3.8) is 0 Å². The zero-order valence-electron chi connectivity index (χ0n) is 12.6. The second kappa shape index (κ2) is 5.79. The Morgan fingerprint density at radius 1 is 1.30 bits per heavy atom. The zero-order valence-corrected chi connectivity index (χ0v) is 12.6. The van der Waals surface area contributed by atoms with Crippen molar-refractivity contribution in [1.29, 1.82) is 0 Å². The van der Waals surface area contributed by atoms with E-state index in [2.05, 4.69) is 5.32 Å². The van der Waals surface area contributed by atoms with Crippen LogP contribution < -0.4 is 5.32 Å². The molecule has 0 aliphatic heterocycles. The van der Waals surface area contributed by atoms with Gasteiger partial charge in [-0.15, -0.1) is 0 Å². The minimum Gasteiger partial charge on any atom is -0.444 e. The number of aliphatic hydroxyl groups is 1. The molecule has 0 unspecified atom stereocenters. The zero-order chi connectivity index (χ0) is 15.6. The average molecular weight is 283 g/mol. The second-order valence-corrected chi connectivity index (χ2v) is 6.36. The van der Waals surface area contributed by atoms with E-state index in [1.807, 2.05) is 0 Å². The summed E-state index contributed by atoms with van der Waals surface area (Å²) in [6.07, 6.45) is -0.600. The summed E-state index contributed by atoms with van der Waals surface area (Å²) < 4.78 is 18.9. The summed E-state index contributed by atoms with van der Waals surface area (Å²) in [5, 5.41) is 11.9. The normalized spacial score (nSPS) is 12.2. The lowest BCUT2D eigenvalue weighted by Gasteiger charge is -2.24. The highest BCUT2D eigenvalue weighted by molar-refractivity contribution is 5.85. The van der Waals surface area contributed by atoms with Gasteiger partial charge in [0.25, 0.3) is 0 Å². The van der Waals surface area contributed by atoms with Crippen molar-refractivity contribution in [2.45, 2.75) is 45.6 Å². The Morgan fingerprint density at radius 3 is 2.40 bits per heavy atom. The third-order valence-electron chi connectivity index (χ3n) is 2.74. The number of amides is 1. The lowest BCUT2D eigenvalue weighted by molar-refractivity contribution is 0.0636. The van der Waals surface area contributed by atoms with Gasteiger partial charge in [0.15, 0.2) is 0 Å². The van der Waals surface area contributed by atoms with Crippen molar-refractivity contribution >= 4 is 11.8 Å². The van der Waals surface area contributed by atoms with E-state index in [-0.39, 0.29) is 6.61 Å². The number of carbonyl (C=O) groups is 1. The maximum absolute atomic E-state index is 13.8. The number of hydrogen-bond acceptors (Lipinski definition) is 3. The molecule has 0 saturated heterocycles. The second-order valence-electron chi connectivity index (χ2n) is 6.36. The molecule has 5 heteroatoms. The first kappa shape index (κ1) is 16.4. The summed E-state index contributed by atoms with van der Waals surface area (Å²) >= 11 is 0. The minimum absolute atomic E-state index is 0.195. The molecule has 0 heterocycles. The van der Waals surface area contributed by atoms with Gasteiger partial charge in [-0.25, -0.2) is 9.18 Å². The molecule has 1 aromatic carbocycles. The van der Waals surface area contributed by atoms with Gasteiger partial charge in [0.1, 0.15) is 11.4 Å². The van der Waals surface area contributed by atoms with Gasteiger partial charge in [0, 0.05) is 11.1 Å². The van der Waals surface area contributed by atoms with Crippen LogP contribution in [0.1, 0.15) is 40.2 Å². The fraction of sp³-hybridized carbons (Fsp3) is 0.533. The lowest BCUT2D eigenvalue weighted by atomic mass is 9.85. The van der Waals surface area contributed by atoms with E-state index in [0.717, 1.165) is 0 Å². The fourth-order valence-corrected chi connectivity index (χ4v) is 1.63. The third-order valence-corrected chi connectivity index (χ3v) is 2.74. The summed E-state index contributed by atoms with van der Waals surface area (Å²) in [7, 11) is 0. The predicted octanol–water partition coefficient (Wildman–Crippen LogP) is 3.44. The maximum Gasteiger partial charge on any atom is 0.412 e. The molecular weight excluding hydrogens is 261 g/mol. The number of carbonyl (C=O) groups excluding carboxylic acids is 1. The highest BCUT2D eigenvalue weighted by Crippen LogP contribution is 2.28. The number of ether oxygens (including phenoxy) is 1. The molecule has 4 nitrogen and oxygen atoms in total. The summed E-state index contributed by atoms with van der Waals surface area (Å²) in [5.41, 5.74) is -0.557. The molecule has 0 radical (unpaired) electrons. The molecule has 1 rings (SSSR count). The van der Waals surface area contributed by atoms with Gasteiger partial charge in [-0.2, -0.15) is 0 Å². The van der Waals surface area contributed by atoms with Crippen LogP contribution in [0.3, 0.4) is 0 Å². The largest absolute Gasteiger partial charge is 0.444 e. The molecule has 0 aromatic heterocycles. The first-order valence-corrected chi connectivity index (χ1v) is 6.46. The molecule has 0 spiro atoms. The van der Waals surface area contributed by atoms with E-state index in [1.165, 1.54) is 18.2 Å². The summed E-state index contributed by atoms with van der Waals surface area (Å²) in [6.45, 7) is 8.54. The number of hydrogen-bond donors (Lipinski definition) is 2. The van der Waals surface area contributed by atoms with E-state index >= 15 is 0 Å². The van der Waals surface area contributed by atoms with Crippen LogP contribution in [0, 0.1) is 5.82 Å². The Bertz CT molecular complexity index is 492. The highest BCUT2D eigenvalue weighted by atomic mass is 19.1. The molecule has 0 aliphatic carbocycles. The van der Waals surface area contributed by atoms with Gasteiger partial charge < -0.3 is 9.84 Å². The Morgan fingerprint density at radius 2 is 1.90 bits per heavy atom. The molecular formula is C15H22FNO3. The average Bonchev–Trinajstić information content (AvgIpc) is 2.29. The van der Waals surface area contributed by atoms with Crippen molar-refractivity contribution in [3.8, 4) is 0 Å². The van der Waals surface area contributed by atoms with E-state index < -0.39 is 22.9 Å². The Kier molecular flexibility index (Phi) is 4.76. The summed E-state index contributed by atoms with van der Waals surface area (Å²) in [6, 6.07) is 4.23. The van der Waals surface area contributed by atoms with Crippen LogP contribution in [-0.2, 0) is 10.2 Å². The van der Waals surface area contributed by atoms with Gasteiger partial charge in [-0.3, -0.25) is 5.32 Å². The van der Waals surface area contributed by atoms with Crippen LogP contribution in [0.2, 0.25) is 0 Å². The fourth-order valence-electron chi connectivity index (χ4n) is 1.63. The van der Waals surface area contributed by atoms with Crippen LogP contribution >= 0.6 is 0 Å². The number of rotatable bonds is 3. The Hall–Kier alpha value is -1.62. The quantitative estimate of drug-likeness (QED) is 0.893. The third kappa shape index (κ3) is 4.49. The van der Waals surface area contributed by atoms with Gasteiger partial charge in [0.2, 0.25) is 0 Å². The lowest BCUT2D eigenvalue weighted by Crippen LogP contribution is -2.28. The predicted molar refractivity (Wildman–Crippen MR) is 76.4 cm³/mol. The van der Waals surface area contributed by atoms with Gasteiger partial charge in [-0.1, -0.05) is 13.8 Å². The monoisotopic (exact) mass is 283 g/mol. The van der Waals surface area contributed by atoms with Crippen LogP contribution in [-0.4, -0.2) is 23.4 Å². The van der Waals surface area contributed by atoms with Crippen LogP contribution in [0.15, 0.2) is 18.2 Å². The van der Waals surface area contributed by atoms with Crippen LogP contribution in [0.4, 0.5) is 14.9 Å². The first-order chi connectivity index (χ1) is 9.05. The Labute approximate surface area is 119 Å². The standard InChI is InChI=1S/C15H22FNO3/c1-14(2,3)20-13(19)17-10-6-7-12(16)11(8-10)15(4,5)9-18/h6-8,18H,9H2,1-5H3,(H,17,19). The molecule has 0 atom stereocenters. The first-order valence-electron chi connectivity index (χ1n) is 6.46. The number of nitrogens with one attached hydrogen (secondary N) is 1. The van der Waals surface area contributed by atoms with Gasteiger partial charge in [0.05, 0.1) is 6.61 Å². The van der Waals surface area contributed by atoms with Gasteiger partial charge in [-0.05, 0) is 44.5 Å². The molecule has 20 heavy (non-hydrogen) atoms. The maximum atomic E-state index is 13.8. The van der Waals surface area contributed by atoms with E-state index in [1.54, 1.807) is 34.6 Å². The van der Waals surface area contributed by atoms with E-state index in [4.69, 9.17) is 4.74 Å². The number of benzene rings is 1. The molecule has 0 saturated carbocycles. The molecule has 2 N–H and O–H groups in total. The van der Waals surface area contributed by atoms with Crippen molar-refractivity contribution in [2.24, 2.45) is 0 Å². The smallest absolute Gasteiger partial charge is 0.412 e.